The van der Waals surface area contributed by atoms with Crippen LogP contribution < -0.4 is 6.64 Å². The number of benzene rings is 3. The van der Waals surface area contributed by atoms with Gasteiger partial charge < -0.3 is 0 Å². The first-order valence-corrected chi connectivity index (χ1v) is 16.3. The topological polar surface area (TPSA) is 23.9 Å². The van der Waals surface area contributed by atoms with E-state index in [-0.39, 0.29) is 24.8 Å². The first kappa shape index (κ1) is 21.1. The van der Waals surface area contributed by atoms with Gasteiger partial charge in [-0.05, 0) is 0 Å². The van der Waals surface area contributed by atoms with Gasteiger partial charge in [0.2, 0.25) is 0 Å². The summed E-state index contributed by atoms with van der Waals surface area (Å²) in [4.78, 5) is 0. The van der Waals surface area contributed by atoms with E-state index in [0.29, 0.717) is 0 Å². The minimum absolute atomic E-state index is 0. The molecule has 0 radical (unpaired) electrons. The maximum atomic E-state index is 9.89. The van der Waals surface area contributed by atoms with Gasteiger partial charge in [-0.2, -0.15) is 0 Å². The SMILES string of the molecule is Cl.Cl.[NH]=[Hf]([C]1=CC=CC1)([c]1ccccc1)[c]1cccc2c1Cc1ccccc1-2. The van der Waals surface area contributed by atoms with Crippen molar-refractivity contribution in [2.75, 3.05) is 0 Å². The van der Waals surface area contributed by atoms with E-state index >= 15 is 0 Å². The Morgan fingerprint density at radius 3 is 2.21 bits per heavy atom. The van der Waals surface area contributed by atoms with Gasteiger partial charge in [-0.25, -0.2) is 0 Å². The monoisotopic (exact) mass is 574 g/mol. The number of allylic oxidation sites excluding steroid dienone is 4. The van der Waals surface area contributed by atoms with Crippen LogP contribution in [0.5, 0.6) is 0 Å². The molecule has 1 unspecified atom stereocenters. The normalized spacial score (nSPS) is 15.5. The second kappa shape index (κ2) is 8.41. The molecule has 0 fully saturated rings. The van der Waals surface area contributed by atoms with E-state index in [9.17, 15) is 3.33 Å². The molecule has 28 heavy (non-hydrogen) atoms. The molecular weight excluding hydrogens is 552 g/mol. The van der Waals surface area contributed by atoms with Gasteiger partial charge in [-0.15, -0.1) is 24.8 Å². The zero-order chi connectivity index (χ0) is 17.6. The summed E-state index contributed by atoms with van der Waals surface area (Å²) in [5.41, 5.74) is 5.50. The van der Waals surface area contributed by atoms with Crippen LogP contribution in [-0.2, 0) is 26.2 Å². The average Bonchev–Trinajstić information content (AvgIpc) is 3.36. The van der Waals surface area contributed by atoms with Crippen molar-refractivity contribution in [3.8, 4) is 11.1 Å². The predicted octanol–water partition coefficient (Wildman–Crippen LogP) is 5.81. The summed E-state index contributed by atoms with van der Waals surface area (Å²) in [6.07, 6.45) is 8.48. The Morgan fingerprint density at radius 2 is 1.46 bits per heavy atom. The van der Waals surface area contributed by atoms with Gasteiger partial charge in [0.25, 0.3) is 0 Å². The van der Waals surface area contributed by atoms with E-state index in [0.717, 1.165) is 12.8 Å². The van der Waals surface area contributed by atoms with Crippen molar-refractivity contribution in [3.63, 3.8) is 0 Å². The third-order valence-corrected chi connectivity index (χ3v) is 19.4. The van der Waals surface area contributed by atoms with Crippen molar-refractivity contribution in [3.05, 3.63) is 105 Å². The van der Waals surface area contributed by atoms with Gasteiger partial charge in [-0.3, -0.25) is 0 Å². The van der Waals surface area contributed by atoms with Crippen LogP contribution in [0.4, 0.5) is 0 Å². The molecule has 0 saturated heterocycles. The molecule has 2 aliphatic carbocycles. The molecule has 0 heterocycles. The van der Waals surface area contributed by atoms with Crippen LogP contribution in [0.25, 0.3) is 11.1 Å². The molecule has 1 N–H and O–H groups in total. The molecule has 0 aromatic heterocycles. The fraction of sp³-hybridized carbons (Fsp3) is 0.0833. The van der Waals surface area contributed by atoms with Gasteiger partial charge in [-0.1, -0.05) is 0 Å². The van der Waals surface area contributed by atoms with Gasteiger partial charge in [0.15, 0.2) is 0 Å². The van der Waals surface area contributed by atoms with Gasteiger partial charge in [0, 0.05) is 0 Å². The summed E-state index contributed by atoms with van der Waals surface area (Å²) in [5, 5.41) is 0. The van der Waals surface area contributed by atoms with Gasteiger partial charge in [0.05, 0.1) is 0 Å². The third-order valence-electron chi connectivity index (χ3n) is 5.71. The van der Waals surface area contributed by atoms with Crippen LogP contribution in [0.3, 0.4) is 0 Å². The number of hydrogen-bond donors (Lipinski definition) is 1. The number of fused-ring (bicyclic) bond motifs is 3. The predicted molar refractivity (Wildman–Crippen MR) is 119 cm³/mol. The molecule has 0 aliphatic heterocycles. The molecule has 4 heteroatoms. The van der Waals surface area contributed by atoms with E-state index in [1.54, 1.807) is 0 Å². The van der Waals surface area contributed by atoms with E-state index < -0.39 is 19.8 Å². The van der Waals surface area contributed by atoms with E-state index in [4.69, 9.17) is 0 Å². The van der Waals surface area contributed by atoms with E-state index in [1.165, 1.54) is 32.2 Å². The van der Waals surface area contributed by atoms with Crippen LogP contribution in [0.2, 0.25) is 0 Å². The van der Waals surface area contributed by atoms with Crippen LogP contribution >= 0.6 is 24.8 Å². The van der Waals surface area contributed by atoms with Crippen LogP contribution in [-0.4, -0.2) is 0 Å². The van der Waals surface area contributed by atoms with Crippen LogP contribution in [0.15, 0.2) is 94.4 Å². The molecule has 2 aliphatic rings. The summed E-state index contributed by atoms with van der Waals surface area (Å²) in [6.45, 7) is 0. The van der Waals surface area contributed by atoms with Crippen molar-refractivity contribution in [1.82, 2.24) is 0 Å². The first-order valence-electron chi connectivity index (χ1n) is 9.16. The van der Waals surface area contributed by atoms with Gasteiger partial charge in [0.1, 0.15) is 0 Å². The Kier molecular flexibility index (Phi) is 6.34. The Labute approximate surface area is 183 Å². The molecule has 3 aromatic rings. The first-order chi connectivity index (χ1) is 12.8. The summed E-state index contributed by atoms with van der Waals surface area (Å²) < 4.78 is 13.9. The molecule has 3 aromatic carbocycles. The fourth-order valence-electron chi connectivity index (χ4n) is 4.44. The Hall–Kier alpha value is -1.61. The average molecular weight is 574 g/mol. The summed E-state index contributed by atoms with van der Waals surface area (Å²) in [7, 11) is 0. The van der Waals surface area contributed by atoms with E-state index in [1.807, 2.05) is 0 Å². The van der Waals surface area contributed by atoms with Crippen molar-refractivity contribution < 1.29 is 19.8 Å². The molecule has 1 atom stereocenters. The van der Waals surface area contributed by atoms with Gasteiger partial charge >= 0.3 is 159 Å². The van der Waals surface area contributed by atoms with E-state index in [2.05, 4.69) is 91.0 Å². The number of rotatable bonds is 3. The summed E-state index contributed by atoms with van der Waals surface area (Å²) in [6, 6.07) is 26.0. The molecular formula is C24H22Cl2HfN. The van der Waals surface area contributed by atoms with Crippen molar-refractivity contribution in [2.45, 2.75) is 12.8 Å². The standard InChI is InChI=1S/C13H9.C6H5.C5H5.2ClH.Hf.HN/c1-3-7-12-10(5-1)9-11-6-2-4-8-13(11)12;1-2-4-6-5-3-1;1-2-4-5-3-1;;;;/h1-5,7-8H,9H2;1-5H;1-3H,4H2;2*1H;;1H. The summed E-state index contributed by atoms with van der Waals surface area (Å²) in [5.74, 6) is 0. The third kappa shape index (κ3) is 3.22. The second-order valence-corrected chi connectivity index (χ2v) is 18.8. The number of nitrogens with one attached hydrogen (secondary N) is 1. The summed E-state index contributed by atoms with van der Waals surface area (Å²) >= 11 is -3.84. The number of halogens is 2. The zero-order valence-electron chi connectivity index (χ0n) is 15.4. The minimum atomic E-state index is -3.84. The Balaban J connectivity index is 0.00000112. The Morgan fingerprint density at radius 1 is 0.750 bits per heavy atom. The molecule has 1 nitrogen and oxygen atoms in total. The zero-order valence-corrected chi connectivity index (χ0v) is 20.6. The molecule has 0 spiro atoms. The fourth-order valence-corrected chi connectivity index (χ4v) is 17.1. The van der Waals surface area contributed by atoms with Crippen LogP contribution in [0.1, 0.15) is 17.5 Å². The molecule has 0 saturated carbocycles. The second-order valence-electron chi connectivity index (χ2n) is 7.11. The molecule has 141 valence electrons. The van der Waals surface area contributed by atoms with Crippen molar-refractivity contribution >= 4 is 31.5 Å². The molecule has 0 amide bonds. The Bertz CT molecular complexity index is 1120. The number of hydrogen-bond acceptors (Lipinski definition) is 1. The van der Waals surface area contributed by atoms with Crippen molar-refractivity contribution in [2.24, 2.45) is 0 Å². The molecule has 0 bridgehead atoms. The quantitative estimate of drug-likeness (QED) is 0.299. The van der Waals surface area contributed by atoms with Crippen molar-refractivity contribution in [1.29, 1.82) is 3.33 Å². The maximum absolute atomic E-state index is 9.89. The van der Waals surface area contributed by atoms with Crippen LogP contribution in [0, 0.1) is 3.33 Å². The molecule has 5 rings (SSSR count).